The van der Waals surface area contributed by atoms with Crippen molar-refractivity contribution in [2.24, 2.45) is 5.73 Å². The van der Waals surface area contributed by atoms with Crippen LogP contribution in [0.2, 0.25) is 0 Å². The zero-order valence-corrected chi connectivity index (χ0v) is 14.1. The monoisotopic (exact) mass is 337 g/mol. The Morgan fingerprint density at radius 2 is 1.96 bits per heavy atom. The van der Waals surface area contributed by atoms with Gasteiger partial charge in [-0.25, -0.2) is 4.39 Å². The highest BCUT2D eigenvalue weighted by Crippen LogP contribution is 2.24. The lowest BCUT2D eigenvalue weighted by Crippen LogP contribution is -2.02. The lowest BCUT2D eigenvalue weighted by molar-refractivity contribution is 0.299. The lowest BCUT2D eigenvalue weighted by Gasteiger charge is -2.06. The van der Waals surface area contributed by atoms with Gasteiger partial charge in [0.25, 0.3) is 0 Å². The maximum absolute atomic E-state index is 12.9. The summed E-state index contributed by atoms with van der Waals surface area (Å²) in [6.07, 6.45) is 0. The number of rotatable bonds is 6. The molecule has 3 aromatic rings. The molecule has 0 aliphatic carbocycles. The van der Waals surface area contributed by atoms with Crippen LogP contribution in [-0.2, 0) is 13.2 Å². The second kappa shape index (κ2) is 7.21. The van der Waals surface area contributed by atoms with Crippen molar-refractivity contribution in [1.29, 1.82) is 0 Å². The van der Waals surface area contributed by atoms with E-state index in [1.54, 1.807) is 12.1 Å². The Hall–Kier alpha value is -3.08. The molecule has 128 valence electrons. The molecule has 1 heterocycles. The fourth-order valence-electron chi connectivity index (χ4n) is 2.58. The first-order chi connectivity index (χ1) is 12.1. The summed E-state index contributed by atoms with van der Waals surface area (Å²) in [6.45, 7) is 6.87. The molecule has 0 radical (unpaired) electrons. The minimum absolute atomic E-state index is 0.286. The predicted molar refractivity (Wildman–Crippen MR) is 97.3 cm³/mol. The Bertz CT molecular complexity index is 884. The minimum Gasteiger partial charge on any atom is -0.487 e. The van der Waals surface area contributed by atoms with Gasteiger partial charge in [0.15, 0.2) is 0 Å². The number of hydrogen-bond donors (Lipinski definition) is 1. The third-order valence-corrected chi connectivity index (χ3v) is 3.86. The van der Waals surface area contributed by atoms with Gasteiger partial charge in [-0.1, -0.05) is 24.8 Å². The number of aromatic nitrogens is 2. The Labute approximate surface area is 146 Å². The maximum atomic E-state index is 12.9. The van der Waals surface area contributed by atoms with E-state index in [2.05, 4.69) is 11.7 Å². The van der Waals surface area contributed by atoms with Crippen LogP contribution in [0.1, 0.15) is 18.2 Å². The van der Waals surface area contributed by atoms with Gasteiger partial charge in [-0.15, -0.1) is 0 Å². The number of nitrogens with two attached hydrogens (primary N) is 1. The van der Waals surface area contributed by atoms with Gasteiger partial charge < -0.3 is 10.5 Å². The standard InChI is InChI=1S/C20H20FN3O/c1-3-24-20(16-6-4-5-15(11-16)14(2)22)12-18(23-24)13-25-19-9-7-17(21)8-10-19/h4-12H,2-3,13,22H2,1H3. The molecule has 0 atom stereocenters. The van der Waals surface area contributed by atoms with Crippen LogP contribution in [0.3, 0.4) is 0 Å². The molecule has 0 saturated carbocycles. The van der Waals surface area contributed by atoms with E-state index >= 15 is 0 Å². The fourth-order valence-corrected chi connectivity index (χ4v) is 2.58. The smallest absolute Gasteiger partial charge is 0.132 e. The molecule has 0 saturated heterocycles. The van der Waals surface area contributed by atoms with Crippen molar-refractivity contribution in [3.63, 3.8) is 0 Å². The van der Waals surface area contributed by atoms with Gasteiger partial charge in [-0.2, -0.15) is 5.10 Å². The Morgan fingerprint density at radius 3 is 2.64 bits per heavy atom. The summed E-state index contributed by atoms with van der Waals surface area (Å²) < 4.78 is 20.5. The Balaban J connectivity index is 1.83. The second-order valence-corrected chi connectivity index (χ2v) is 5.69. The van der Waals surface area contributed by atoms with E-state index in [0.29, 0.717) is 18.1 Å². The topological polar surface area (TPSA) is 53.1 Å². The van der Waals surface area contributed by atoms with Crippen LogP contribution in [0.4, 0.5) is 4.39 Å². The number of nitrogens with zero attached hydrogens (tertiary/aromatic N) is 2. The SMILES string of the molecule is C=C(N)c1cccc(-c2cc(COc3ccc(F)cc3)nn2CC)c1. The van der Waals surface area contributed by atoms with Crippen LogP contribution in [0.5, 0.6) is 5.75 Å². The van der Waals surface area contributed by atoms with Crippen molar-refractivity contribution in [3.05, 3.63) is 78.3 Å². The van der Waals surface area contributed by atoms with E-state index in [0.717, 1.165) is 29.1 Å². The number of hydrogen-bond acceptors (Lipinski definition) is 3. The van der Waals surface area contributed by atoms with Crippen LogP contribution in [0.15, 0.2) is 61.2 Å². The first-order valence-corrected chi connectivity index (χ1v) is 8.07. The molecule has 0 amide bonds. The van der Waals surface area contributed by atoms with Crippen molar-refractivity contribution in [1.82, 2.24) is 9.78 Å². The van der Waals surface area contributed by atoms with Crippen molar-refractivity contribution in [2.45, 2.75) is 20.1 Å². The number of halogens is 1. The molecule has 2 aromatic carbocycles. The summed E-state index contributed by atoms with van der Waals surface area (Å²) in [5.74, 6) is 0.321. The highest BCUT2D eigenvalue weighted by atomic mass is 19.1. The summed E-state index contributed by atoms with van der Waals surface area (Å²) in [6, 6.07) is 15.8. The Morgan fingerprint density at radius 1 is 1.20 bits per heavy atom. The predicted octanol–water partition coefficient (Wildman–Crippen LogP) is 4.22. The van der Waals surface area contributed by atoms with Gasteiger partial charge >= 0.3 is 0 Å². The van der Waals surface area contributed by atoms with Crippen LogP contribution in [0.25, 0.3) is 17.0 Å². The van der Waals surface area contributed by atoms with Crippen LogP contribution in [0, 0.1) is 5.82 Å². The van der Waals surface area contributed by atoms with Crippen molar-refractivity contribution >= 4 is 5.70 Å². The number of aryl methyl sites for hydroxylation is 1. The van der Waals surface area contributed by atoms with E-state index < -0.39 is 0 Å². The first-order valence-electron chi connectivity index (χ1n) is 8.07. The van der Waals surface area contributed by atoms with Crippen LogP contribution in [-0.4, -0.2) is 9.78 Å². The molecule has 3 rings (SSSR count). The van der Waals surface area contributed by atoms with E-state index in [-0.39, 0.29) is 5.82 Å². The normalized spacial score (nSPS) is 10.6. The van der Waals surface area contributed by atoms with Gasteiger partial charge in [-0.05, 0) is 48.9 Å². The summed E-state index contributed by atoms with van der Waals surface area (Å²) >= 11 is 0. The third kappa shape index (κ3) is 3.88. The molecule has 0 unspecified atom stereocenters. The van der Waals surface area contributed by atoms with Gasteiger partial charge in [0, 0.05) is 17.8 Å². The van der Waals surface area contributed by atoms with Crippen molar-refractivity contribution < 1.29 is 9.13 Å². The van der Waals surface area contributed by atoms with E-state index in [4.69, 9.17) is 10.5 Å². The average molecular weight is 337 g/mol. The molecule has 0 bridgehead atoms. The zero-order valence-electron chi connectivity index (χ0n) is 14.1. The summed E-state index contributed by atoms with van der Waals surface area (Å²) in [7, 11) is 0. The quantitative estimate of drug-likeness (QED) is 0.733. The summed E-state index contributed by atoms with van der Waals surface area (Å²) in [5, 5.41) is 4.58. The second-order valence-electron chi connectivity index (χ2n) is 5.69. The summed E-state index contributed by atoms with van der Waals surface area (Å²) in [4.78, 5) is 0. The molecule has 0 aliphatic heterocycles. The number of ether oxygens (including phenoxy) is 1. The molecule has 4 nitrogen and oxygen atoms in total. The van der Waals surface area contributed by atoms with Gasteiger partial charge in [0.1, 0.15) is 23.9 Å². The largest absolute Gasteiger partial charge is 0.487 e. The molecule has 0 spiro atoms. The van der Waals surface area contributed by atoms with Crippen molar-refractivity contribution in [2.75, 3.05) is 0 Å². The van der Waals surface area contributed by atoms with Crippen LogP contribution < -0.4 is 10.5 Å². The van der Waals surface area contributed by atoms with Crippen molar-refractivity contribution in [3.8, 4) is 17.0 Å². The van der Waals surface area contributed by atoms with Gasteiger partial charge in [0.05, 0.1) is 5.69 Å². The molecular weight excluding hydrogens is 317 g/mol. The van der Waals surface area contributed by atoms with Gasteiger partial charge in [-0.3, -0.25) is 4.68 Å². The molecule has 0 fully saturated rings. The zero-order chi connectivity index (χ0) is 17.8. The fraction of sp³-hybridized carbons (Fsp3) is 0.150. The molecule has 25 heavy (non-hydrogen) atoms. The van der Waals surface area contributed by atoms with Gasteiger partial charge in [0.2, 0.25) is 0 Å². The minimum atomic E-state index is -0.286. The maximum Gasteiger partial charge on any atom is 0.132 e. The molecule has 2 N–H and O–H groups in total. The van der Waals surface area contributed by atoms with E-state index in [1.165, 1.54) is 12.1 Å². The molecule has 5 heteroatoms. The summed E-state index contributed by atoms with van der Waals surface area (Å²) in [5.41, 5.74) is 10.0. The lowest BCUT2D eigenvalue weighted by atomic mass is 10.1. The third-order valence-electron chi connectivity index (χ3n) is 3.86. The average Bonchev–Trinajstić information content (AvgIpc) is 3.05. The highest BCUT2D eigenvalue weighted by Gasteiger charge is 2.10. The molecule has 1 aromatic heterocycles. The van der Waals surface area contributed by atoms with Crippen LogP contribution >= 0.6 is 0 Å². The van der Waals surface area contributed by atoms with E-state index in [1.807, 2.05) is 41.9 Å². The molecular formula is C20H20FN3O. The first kappa shape index (κ1) is 16.8. The van der Waals surface area contributed by atoms with E-state index in [9.17, 15) is 4.39 Å². The molecule has 0 aliphatic rings. The Kier molecular flexibility index (Phi) is 4.84. The number of benzene rings is 2. The highest BCUT2D eigenvalue weighted by molar-refractivity contribution is 5.69.